The molecule has 10 heteroatoms. The number of nitriles is 1. The Morgan fingerprint density at radius 3 is 2.32 bits per heavy atom. The van der Waals surface area contributed by atoms with Crippen molar-refractivity contribution in [2.24, 2.45) is 14.1 Å². The second kappa shape index (κ2) is 13.5. The Labute approximate surface area is 298 Å². The van der Waals surface area contributed by atoms with Gasteiger partial charge in [0.1, 0.15) is 17.5 Å². The molecular formula is C40H41ClN6O3. The molecule has 4 heterocycles. The quantitative estimate of drug-likeness (QED) is 0.210. The van der Waals surface area contributed by atoms with E-state index in [-0.39, 0.29) is 36.0 Å². The van der Waals surface area contributed by atoms with Crippen molar-refractivity contribution in [3.8, 4) is 23.1 Å². The molecule has 0 saturated carbocycles. The molecule has 2 N–H and O–H groups in total. The number of fused-ring (bicyclic) bond motifs is 2. The summed E-state index contributed by atoms with van der Waals surface area (Å²) in [5, 5.41) is 23.3. The Balaban J connectivity index is 0.00000432. The maximum Gasteiger partial charge on any atom is 0.264 e. The Bertz CT molecular complexity index is 2170. The number of halogens is 1. The van der Waals surface area contributed by atoms with E-state index in [0.717, 1.165) is 47.6 Å². The van der Waals surface area contributed by atoms with E-state index in [9.17, 15) is 20.0 Å². The summed E-state index contributed by atoms with van der Waals surface area (Å²) >= 11 is 0. The fourth-order valence-electron chi connectivity index (χ4n) is 7.31. The lowest BCUT2D eigenvalue weighted by Gasteiger charge is -2.35. The molecule has 0 saturated heterocycles. The third-order valence-electron chi connectivity index (χ3n) is 10.4. The molecule has 2 aliphatic heterocycles. The number of hydrogen-bond donors (Lipinski definition) is 2. The summed E-state index contributed by atoms with van der Waals surface area (Å²) in [5.41, 5.74) is 10.5. The van der Waals surface area contributed by atoms with Crippen molar-refractivity contribution in [1.29, 1.82) is 5.26 Å². The van der Waals surface area contributed by atoms with Crippen LogP contribution in [-0.2, 0) is 40.0 Å². The van der Waals surface area contributed by atoms with Gasteiger partial charge in [0.05, 0.1) is 11.3 Å². The SMILES string of the molecule is Cc1c(N(C(=O)c2cc(-c3cc4c(cc3C(=O)N3Cc5ccccc5C[C@H]3C)CNCC4)n(C)c2C)c2ccc(O)cc2)cc(C#N)n1C.Cl. The molecule has 2 aromatic heterocycles. The fraction of sp³-hybridized carbons (Fsp3) is 0.275. The zero-order chi connectivity index (χ0) is 34.6. The standard InChI is InChI=1S/C40H40N6O3.ClH/c1-24-16-27-8-6-7-9-29(27)23-45(24)39(48)36-18-30-22-42-15-14-28(30)17-35(36)38-20-34(25(2)44(38)5)40(49)46(31-10-12-33(47)13-11-31)37-19-32(21-41)43(4)26(37)3;/h6-13,17-20,24,42,47H,14-16,22-23H2,1-5H3;1H/t24-;/m1./s1. The van der Waals surface area contributed by atoms with Gasteiger partial charge in [0.2, 0.25) is 0 Å². The topological polar surface area (TPSA) is 107 Å². The van der Waals surface area contributed by atoms with E-state index in [4.69, 9.17) is 0 Å². The second-order valence-corrected chi connectivity index (χ2v) is 13.3. The number of rotatable bonds is 5. The number of nitrogens with one attached hydrogen (secondary N) is 1. The van der Waals surface area contributed by atoms with E-state index in [0.29, 0.717) is 41.3 Å². The molecule has 0 spiro atoms. The number of phenols is 1. The van der Waals surface area contributed by atoms with Gasteiger partial charge in [-0.2, -0.15) is 5.26 Å². The van der Waals surface area contributed by atoms with Crippen LogP contribution in [0.15, 0.2) is 72.8 Å². The molecule has 7 rings (SSSR count). The lowest BCUT2D eigenvalue weighted by molar-refractivity contribution is 0.0658. The second-order valence-electron chi connectivity index (χ2n) is 13.3. The maximum atomic E-state index is 14.7. The van der Waals surface area contributed by atoms with Crippen LogP contribution >= 0.6 is 12.4 Å². The molecule has 1 atom stereocenters. The highest BCUT2D eigenvalue weighted by molar-refractivity contribution is 6.13. The minimum absolute atomic E-state index is 0. The lowest BCUT2D eigenvalue weighted by atomic mass is 9.90. The number of carbonyl (C=O) groups is 2. The van der Waals surface area contributed by atoms with Crippen molar-refractivity contribution in [3.05, 3.63) is 123 Å². The molecule has 0 fully saturated rings. The first kappa shape index (κ1) is 34.6. The van der Waals surface area contributed by atoms with Gasteiger partial charge in [-0.05, 0) is 111 Å². The summed E-state index contributed by atoms with van der Waals surface area (Å²) in [7, 11) is 3.73. The lowest BCUT2D eigenvalue weighted by Crippen LogP contribution is -2.43. The van der Waals surface area contributed by atoms with Crippen LogP contribution in [0.2, 0.25) is 0 Å². The molecule has 5 aromatic rings. The van der Waals surface area contributed by atoms with Crippen LogP contribution in [-0.4, -0.2) is 43.5 Å². The zero-order valence-corrected chi connectivity index (χ0v) is 29.8. The largest absolute Gasteiger partial charge is 0.508 e. The first-order valence-electron chi connectivity index (χ1n) is 16.7. The summed E-state index contributed by atoms with van der Waals surface area (Å²) in [6.07, 6.45) is 1.65. The summed E-state index contributed by atoms with van der Waals surface area (Å²) < 4.78 is 3.76. The number of hydrogen-bond acceptors (Lipinski definition) is 5. The predicted octanol–water partition coefficient (Wildman–Crippen LogP) is 6.86. The first-order chi connectivity index (χ1) is 23.6. The van der Waals surface area contributed by atoms with Gasteiger partial charge in [0.25, 0.3) is 11.8 Å². The average molecular weight is 689 g/mol. The smallest absolute Gasteiger partial charge is 0.264 e. The fourth-order valence-corrected chi connectivity index (χ4v) is 7.31. The number of amides is 2. The van der Waals surface area contributed by atoms with Crippen molar-refractivity contribution < 1.29 is 14.7 Å². The zero-order valence-electron chi connectivity index (χ0n) is 28.9. The van der Waals surface area contributed by atoms with Gasteiger partial charge in [0.15, 0.2) is 0 Å². The summed E-state index contributed by atoms with van der Waals surface area (Å²) in [4.78, 5) is 32.9. The number of anilines is 2. The van der Waals surface area contributed by atoms with E-state index >= 15 is 0 Å². The molecule has 50 heavy (non-hydrogen) atoms. The number of benzene rings is 3. The number of aromatic hydroxyl groups is 1. The molecule has 2 amide bonds. The summed E-state index contributed by atoms with van der Waals surface area (Å²) in [5.74, 6) is -0.213. The third kappa shape index (κ3) is 5.85. The van der Waals surface area contributed by atoms with E-state index in [1.54, 1.807) is 46.8 Å². The molecule has 0 unspecified atom stereocenters. The summed E-state index contributed by atoms with van der Waals surface area (Å²) in [6, 6.07) is 24.8. The van der Waals surface area contributed by atoms with Crippen LogP contribution in [0.25, 0.3) is 11.3 Å². The molecule has 0 aliphatic carbocycles. The van der Waals surface area contributed by atoms with Crippen molar-refractivity contribution in [3.63, 3.8) is 0 Å². The Kier molecular flexibility index (Phi) is 9.36. The van der Waals surface area contributed by atoms with Crippen LogP contribution in [0.3, 0.4) is 0 Å². The Morgan fingerprint density at radius 2 is 1.62 bits per heavy atom. The Hall–Kier alpha value is -5.30. The van der Waals surface area contributed by atoms with Gasteiger partial charge in [0, 0.05) is 67.1 Å². The molecule has 0 bridgehead atoms. The van der Waals surface area contributed by atoms with Crippen molar-refractivity contribution >= 4 is 35.6 Å². The highest BCUT2D eigenvalue weighted by Gasteiger charge is 2.32. The number of phenolic OH excluding ortho intramolecular Hbond substituents is 1. The third-order valence-corrected chi connectivity index (χ3v) is 10.4. The van der Waals surface area contributed by atoms with Gasteiger partial charge >= 0.3 is 0 Å². The van der Waals surface area contributed by atoms with Crippen LogP contribution in [0.5, 0.6) is 5.75 Å². The van der Waals surface area contributed by atoms with Gasteiger partial charge in [-0.1, -0.05) is 24.3 Å². The van der Waals surface area contributed by atoms with E-state index in [2.05, 4.69) is 48.6 Å². The van der Waals surface area contributed by atoms with Gasteiger partial charge in [-0.25, -0.2) is 0 Å². The van der Waals surface area contributed by atoms with E-state index in [1.165, 1.54) is 16.7 Å². The summed E-state index contributed by atoms with van der Waals surface area (Å²) in [6.45, 7) is 8.00. The van der Waals surface area contributed by atoms with E-state index < -0.39 is 0 Å². The highest BCUT2D eigenvalue weighted by Crippen LogP contribution is 2.38. The average Bonchev–Trinajstić information content (AvgIpc) is 3.57. The van der Waals surface area contributed by atoms with Gasteiger partial charge in [-0.15, -0.1) is 12.4 Å². The molecule has 3 aromatic carbocycles. The molecule has 0 radical (unpaired) electrons. The number of carbonyl (C=O) groups excluding carboxylic acids is 2. The molecular weight excluding hydrogens is 648 g/mol. The number of nitrogens with zero attached hydrogens (tertiary/aromatic N) is 5. The molecule has 256 valence electrons. The maximum absolute atomic E-state index is 14.7. The minimum atomic E-state index is -0.278. The molecule has 2 aliphatic rings. The van der Waals surface area contributed by atoms with Crippen LogP contribution < -0.4 is 10.2 Å². The highest BCUT2D eigenvalue weighted by atomic mass is 35.5. The van der Waals surface area contributed by atoms with Crippen molar-refractivity contribution in [1.82, 2.24) is 19.4 Å². The number of aromatic nitrogens is 2. The van der Waals surface area contributed by atoms with Gasteiger partial charge < -0.3 is 24.5 Å². The van der Waals surface area contributed by atoms with E-state index in [1.807, 2.05) is 42.5 Å². The van der Waals surface area contributed by atoms with Crippen LogP contribution in [0.1, 0.15) is 67.0 Å². The van der Waals surface area contributed by atoms with Crippen LogP contribution in [0, 0.1) is 25.2 Å². The molecule has 9 nitrogen and oxygen atoms in total. The minimum Gasteiger partial charge on any atom is -0.508 e. The predicted molar refractivity (Wildman–Crippen MR) is 197 cm³/mol. The van der Waals surface area contributed by atoms with Crippen LogP contribution in [0.4, 0.5) is 11.4 Å². The van der Waals surface area contributed by atoms with Crippen molar-refractivity contribution in [2.75, 3.05) is 11.4 Å². The Morgan fingerprint density at radius 1 is 0.900 bits per heavy atom. The normalized spacial score (nSPS) is 15.0. The van der Waals surface area contributed by atoms with Crippen molar-refractivity contribution in [2.45, 2.75) is 52.7 Å². The monoisotopic (exact) mass is 688 g/mol. The first-order valence-corrected chi connectivity index (χ1v) is 16.7. The van der Waals surface area contributed by atoms with Gasteiger partial charge in [-0.3, -0.25) is 14.5 Å².